The van der Waals surface area contributed by atoms with Crippen molar-refractivity contribution in [3.8, 4) is 0 Å². The summed E-state index contributed by atoms with van der Waals surface area (Å²) in [7, 11) is 0. The van der Waals surface area contributed by atoms with Gasteiger partial charge in [0.15, 0.2) is 0 Å². The Morgan fingerprint density at radius 1 is 1.33 bits per heavy atom. The van der Waals surface area contributed by atoms with E-state index >= 15 is 0 Å². The number of hydrogen-bond acceptors (Lipinski definition) is 3. The molecule has 18 heavy (non-hydrogen) atoms. The maximum Gasteiger partial charge on any atom is 0.0552 e. The topological polar surface area (TPSA) is 38.5 Å². The van der Waals surface area contributed by atoms with Crippen molar-refractivity contribution in [2.45, 2.75) is 19.3 Å². The van der Waals surface area contributed by atoms with Gasteiger partial charge in [-0.1, -0.05) is 18.2 Å². The van der Waals surface area contributed by atoms with E-state index in [2.05, 4.69) is 29.2 Å². The summed E-state index contributed by atoms with van der Waals surface area (Å²) in [5.41, 5.74) is 9.06. The number of nitrogens with two attached hydrogens (primary N) is 1. The Bertz CT molecular complexity index is 413. The monoisotopic (exact) mass is 246 g/mol. The highest BCUT2D eigenvalue weighted by atomic mass is 16.5. The van der Waals surface area contributed by atoms with Gasteiger partial charge in [-0.3, -0.25) is 0 Å². The van der Waals surface area contributed by atoms with Crippen LogP contribution in [0.5, 0.6) is 0 Å². The van der Waals surface area contributed by atoms with Crippen LogP contribution in [0.4, 0.5) is 5.69 Å². The SMILES string of the molecule is NCC1(CN2CCCc3ccccc32)CCOC1. The van der Waals surface area contributed by atoms with Crippen molar-refractivity contribution in [1.82, 2.24) is 0 Å². The van der Waals surface area contributed by atoms with Crippen LogP contribution >= 0.6 is 0 Å². The summed E-state index contributed by atoms with van der Waals surface area (Å²) in [4.78, 5) is 2.51. The summed E-state index contributed by atoms with van der Waals surface area (Å²) in [5, 5.41) is 0. The lowest BCUT2D eigenvalue weighted by molar-refractivity contribution is 0.156. The summed E-state index contributed by atoms with van der Waals surface area (Å²) >= 11 is 0. The zero-order valence-corrected chi connectivity index (χ0v) is 10.9. The molecule has 0 aliphatic carbocycles. The summed E-state index contributed by atoms with van der Waals surface area (Å²) in [6.07, 6.45) is 3.56. The first-order valence-corrected chi connectivity index (χ1v) is 6.94. The standard InChI is InChI=1S/C15H22N2O/c16-10-15(7-9-18-12-15)11-17-8-3-5-13-4-1-2-6-14(13)17/h1-2,4,6H,3,5,7-12,16H2. The molecule has 2 N–H and O–H groups in total. The molecule has 0 amide bonds. The second kappa shape index (κ2) is 4.90. The molecule has 2 heterocycles. The Morgan fingerprint density at radius 3 is 3.00 bits per heavy atom. The van der Waals surface area contributed by atoms with Crippen molar-refractivity contribution in [2.24, 2.45) is 11.1 Å². The summed E-state index contributed by atoms with van der Waals surface area (Å²) in [6.45, 7) is 4.61. The Hall–Kier alpha value is -1.06. The average Bonchev–Trinajstić information content (AvgIpc) is 2.88. The van der Waals surface area contributed by atoms with Crippen molar-refractivity contribution in [2.75, 3.05) is 37.7 Å². The van der Waals surface area contributed by atoms with E-state index < -0.39 is 0 Å². The lowest BCUT2D eigenvalue weighted by Gasteiger charge is -2.38. The first-order chi connectivity index (χ1) is 8.83. The van der Waals surface area contributed by atoms with Crippen LogP contribution in [0.2, 0.25) is 0 Å². The molecule has 0 saturated carbocycles. The Morgan fingerprint density at radius 2 is 2.22 bits per heavy atom. The fourth-order valence-electron chi connectivity index (χ4n) is 3.18. The minimum Gasteiger partial charge on any atom is -0.381 e. The largest absolute Gasteiger partial charge is 0.381 e. The van der Waals surface area contributed by atoms with E-state index in [1.54, 1.807) is 0 Å². The van der Waals surface area contributed by atoms with E-state index in [1.807, 2.05) is 0 Å². The van der Waals surface area contributed by atoms with Crippen LogP contribution in [-0.4, -0.2) is 32.8 Å². The molecule has 0 bridgehead atoms. The number of anilines is 1. The van der Waals surface area contributed by atoms with E-state index in [-0.39, 0.29) is 5.41 Å². The van der Waals surface area contributed by atoms with Gasteiger partial charge in [0, 0.05) is 37.3 Å². The van der Waals surface area contributed by atoms with E-state index in [0.29, 0.717) is 0 Å². The number of para-hydroxylation sites is 1. The van der Waals surface area contributed by atoms with Crippen molar-refractivity contribution < 1.29 is 4.74 Å². The highest BCUT2D eigenvalue weighted by Crippen LogP contribution is 2.33. The van der Waals surface area contributed by atoms with E-state index in [4.69, 9.17) is 10.5 Å². The molecule has 0 radical (unpaired) electrons. The van der Waals surface area contributed by atoms with Crippen LogP contribution in [0, 0.1) is 5.41 Å². The third kappa shape index (κ3) is 2.13. The normalized spacial score (nSPS) is 27.3. The van der Waals surface area contributed by atoms with Gasteiger partial charge in [-0.2, -0.15) is 0 Å². The van der Waals surface area contributed by atoms with Crippen LogP contribution in [-0.2, 0) is 11.2 Å². The van der Waals surface area contributed by atoms with E-state index in [9.17, 15) is 0 Å². The molecule has 3 rings (SSSR count). The van der Waals surface area contributed by atoms with Crippen molar-refractivity contribution >= 4 is 5.69 Å². The van der Waals surface area contributed by atoms with Gasteiger partial charge in [-0.05, 0) is 30.9 Å². The first kappa shape index (κ1) is 12.0. The highest BCUT2D eigenvalue weighted by Gasteiger charge is 2.36. The molecule has 1 fully saturated rings. The molecule has 1 aromatic rings. The quantitative estimate of drug-likeness (QED) is 0.884. The van der Waals surface area contributed by atoms with Crippen molar-refractivity contribution in [3.63, 3.8) is 0 Å². The van der Waals surface area contributed by atoms with Gasteiger partial charge in [-0.15, -0.1) is 0 Å². The smallest absolute Gasteiger partial charge is 0.0552 e. The molecule has 3 nitrogen and oxygen atoms in total. The van der Waals surface area contributed by atoms with E-state index in [0.717, 1.165) is 39.3 Å². The minimum absolute atomic E-state index is 0.171. The fraction of sp³-hybridized carbons (Fsp3) is 0.600. The molecule has 1 saturated heterocycles. The average molecular weight is 246 g/mol. The molecule has 3 heteroatoms. The molecular weight excluding hydrogens is 224 g/mol. The first-order valence-electron chi connectivity index (χ1n) is 6.94. The van der Waals surface area contributed by atoms with Crippen molar-refractivity contribution in [3.05, 3.63) is 29.8 Å². The highest BCUT2D eigenvalue weighted by molar-refractivity contribution is 5.55. The third-order valence-corrected chi connectivity index (χ3v) is 4.35. The second-order valence-corrected chi connectivity index (χ2v) is 5.66. The molecule has 2 aliphatic heterocycles. The maximum atomic E-state index is 6.00. The Labute approximate surface area is 109 Å². The Kier molecular flexibility index (Phi) is 3.27. The lowest BCUT2D eigenvalue weighted by Crippen LogP contribution is -2.45. The number of aryl methyl sites for hydroxylation is 1. The van der Waals surface area contributed by atoms with Gasteiger partial charge in [0.2, 0.25) is 0 Å². The zero-order chi connectivity index (χ0) is 12.4. The zero-order valence-electron chi connectivity index (χ0n) is 10.9. The maximum absolute atomic E-state index is 6.00. The number of fused-ring (bicyclic) bond motifs is 1. The molecule has 98 valence electrons. The number of nitrogens with zero attached hydrogens (tertiary/aromatic N) is 1. The second-order valence-electron chi connectivity index (χ2n) is 5.66. The van der Waals surface area contributed by atoms with Crippen molar-refractivity contribution in [1.29, 1.82) is 0 Å². The van der Waals surface area contributed by atoms with Gasteiger partial charge in [0.25, 0.3) is 0 Å². The third-order valence-electron chi connectivity index (χ3n) is 4.35. The summed E-state index contributed by atoms with van der Waals surface area (Å²) < 4.78 is 5.57. The predicted octanol–water partition coefficient (Wildman–Crippen LogP) is 1.80. The number of benzene rings is 1. The van der Waals surface area contributed by atoms with Gasteiger partial charge in [-0.25, -0.2) is 0 Å². The summed E-state index contributed by atoms with van der Waals surface area (Å²) in [5.74, 6) is 0. The van der Waals surface area contributed by atoms with Gasteiger partial charge in [0.05, 0.1) is 6.61 Å². The van der Waals surface area contributed by atoms with Crippen LogP contribution in [0.15, 0.2) is 24.3 Å². The summed E-state index contributed by atoms with van der Waals surface area (Å²) in [6, 6.07) is 8.77. The van der Waals surface area contributed by atoms with Crippen LogP contribution in [0.25, 0.3) is 0 Å². The van der Waals surface area contributed by atoms with Crippen LogP contribution in [0.3, 0.4) is 0 Å². The van der Waals surface area contributed by atoms with E-state index in [1.165, 1.54) is 24.1 Å². The minimum atomic E-state index is 0.171. The Balaban J connectivity index is 1.81. The van der Waals surface area contributed by atoms with Crippen LogP contribution < -0.4 is 10.6 Å². The molecule has 0 aromatic heterocycles. The molecule has 1 atom stereocenters. The molecule has 2 aliphatic rings. The number of rotatable bonds is 3. The molecular formula is C15H22N2O. The number of ether oxygens (including phenoxy) is 1. The van der Waals surface area contributed by atoms with Gasteiger partial charge in [0.1, 0.15) is 0 Å². The molecule has 0 spiro atoms. The van der Waals surface area contributed by atoms with Gasteiger partial charge >= 0.3 is 0 Å². The molecule has 1 aromatic carbocycles. The fourth-order valence-corrected chi connectivity index (χ4v) is 3.18. The van der Waals surface area contributed by atoms with Gasteiger partial charge < -0.3 is 15.4 Å². The lowest BCUT2D eigenvalue weighted by atomic mass is 9.85. The predicted molar refractivity (Wildman–Crippen MR) is 73.9 cm³/mol. The van der Waals surface area contributed by atoms with Crippen LogP contribution in [0.1, 0.15) is 18.4 Å². The molecule has 1 unspecified atom stereocenters. The number of hydrogen-bond donors (Lipinski definition) is 1.